The van der Waals surface area contributed by atoms with Crippen molar-refractivity contribution in [3.8, 4) is 5.75 Å². The van der Waals surface area contributed by atoms with Crippen molar-refractivity contribution in [3.05, 3.63) is 28.3 Å². The molecule has 3 nitrogen and oxygen atoms in total. The molecule has 6 heteroatoms. The molecule has 1 saturated carbocycles. The summed E-state index contributed by atoms with van der Waals surface area (Å²) in [6.07, 6.45) is 5.15. The van der Waals surface area contributed by atoms with E-state index >= 15 is 0 Å². The number of aryl methyl sites for hydroxylation is 1. The average Bonchev–Trinajstić information content (AvgIpc) is 2.99. The number of halogens is 3. The summed E-state index contributed by atoms with van der Waals surface area (Å²) < 4.78 is 0. The van der Waals surface area contributed by atoms with E-state index in [1.165, 1.54) is 25.7 Å². The number of aromatic hydroxyl groups is 1. The fraction of sp³-hybridized carbons (Fsp3) is 0.647. The third-order valence-electron chi connectivity index (χ3n) is 5.00. The van der Waals surface area contributed by atoms with Crippen LogP contribution in [0, 0.1) is 12.8 Å². The highest BCUT2D eigenvalue weighted by molar-refractivity contribution is 6.30. The molecule has 23 heavy (non-hydrogen) atoms. The molecule has 1 heterocycles. The minimum absolute atomic E-state index is 0. The summed E-state index contributed by atoms with van der Waals surface area (Å²) in [7, 11) is 0. The quantitative estimate of drug-likeness (QED) is 0.818. The molecule has 1 aromatic rings. The van der Waals surface area contributed by atoms with Crippen molar-refractivity contribution < 1.29 is 5.11 Å². The van der Waals surface area contributed by atoms with Crippen molar-refractivity contribution in [1.82, 2.24) is 10.2 Å². The SMILES string of the molecule is Cc1cc(Cl)cc([C@@H](C2CCCC2)N2CCNCC2)c1O.Cl.Cl. The first kappa shape index (κ1) is 20.9. The predicted octanol–water partition coefficient (Wildman–Crippen LogP) is 4.33. The Morgan fingerprint density at radius 2 is 1.78 bits per heavy atom. The van der Waals surface area contributed by atoms with Crippen LogP contribution >= 0.6 is 36.4 Å². The number of hydrogen-bond acceptors (Lipinski definition) is 3. The van der Waals surface area contributed by atoms with Gasteiger partial charge in [-0.1, -0.05) is 24.4 Å². The second-order valence-electron chi connectivity index (χ2n) is 6.44. The van der Waals surface area contributed by atoms with Gasteiger partial charge in [0.2, 0.25) is 0 Å². The number of phenolic OH excluding ortho intramolecular Hbond substituents is 1. The Labute approximate surface area is 156 Å². The highest BCUT2D eigenvalue weighted by Gasteiger charge is 2.33. The van der Waals surface area contributed by atoms with E-state index in [2.05, 4.69) is 10.2 Å². The second-order valence-corrected chi connectivity index (χ2v) is 6.87. The maximum Gasteiger partial charge on any atom is 0.123 e. The van der Waals surface area contributed by atoms with Gasteiger partial charge in [-0.2, -0.15) is 0 Å². The van der Waals surface area contributed by atoms with E-state index in [4.69, 9.17) is 11.6 Å². The molecule has 0 amide bonds. The lowest BCUT2D eigenvalue weighted by molar-refractivity contribution is 0.123. The smallest absolute Gasteiger partial charge is 0.123 e. The summed E-state index contributed by atoms with van der Waals surface area (Å²) in [5, 5.41) is 14.7. The zero-order chi connectivity index (χ0) is 14.8. The van der Waals surface area contributed by atoms with Gasteiger partial charge in [0.05, 0.1) is 0 Å². The van der Waals surface area contributed by atoms with Crippen molar-refractivity contribution in [2.24, 2.45) is 5.92 Å². The van der Waals surface area contributed by atoms with Crippen LogP contribution in [0.2, 0.25) is 5.02 Å². The highest BCUT2D eigenvalue weighted by atomic mass is 35.5. The average molecular weight is 382 g/mol. The van der Waals surface area contributed by atoms with Gasteiger partial charge in [-0.25, -0.2) is 0 Å². The van der Waals surface area contributed by atoms with Gasteiger partial charge in [0.1, 0.15) is 5.75 Å². The van der Waals surface area contributed by atoms with Crippen LogP contribution in [0.1, 0.15) is 42.9 Å². The second kappa shape index (κ2) is 9.33. The van der Waals surface area contributed by atoms with Crippen molar-refractivity contribution in [1.29, 1.82) is 0 Å². The molecule has 3 rings (SSSR count). The van der Waals surface area contributed by atoms with Gasteiger partial charge in [-0.3, -0.25) is 4.90 Å². The van der Waals surface area contributed by atoms with Crippen molar-refractivity contribution in [2.75, 3.05) is 26.2 Å². The summed E-state index contributed by atoms with van der Waals surface area (Å²) in [6, 6.07) is 4.14. The van der Waals surface area contributed by atoms with E-state index in [1.807, 2.05) is 19.1 Å². The first-order valence-electron chi connectivity index (χ1n) is 8.10. The van der Waals surface area contributed by atoms with Crippen LogP contribution in [0.5, 0.6) is 5.75 Å². The van der Waals surface area contributed by atoms with E-state index in [0.29, 0.717) is 17.7 Å². The number of rotatable bonds is 3. The van der Waals surface area contributed by atoms with Crippen molar-refractivity contribution >= 4 is 36.4 Å². The van der Waals surface area contributed by atoms with E-state index in [1.54, 1.807) is 0 Å². The number of piperazine rings is 1. The molecule has 1 aliphatic heterocycles. The van der Waals surface area contributed by atoms with Crippen LogP contribution < -0.4 is 5.32 Å². The van der Waals surface area contributed by atoms with Gasteiger partial charge in [-0.15, -0.1) is 24.8 Å². The number of nitrogens with zero attached hydrogens (tertiary/aromatic N) is 1. The van der Waals surface area contributed by atoms with Gasteiger partial charge in [0.15, 0.2) is 0 Å². The molecule has 1 atom stereocenters. The third kappa shape index (κ3) is 4.67. The van der Waals surface area contributed by atoms with Crippen LogP contribution in [-0.2, 0) is 0 Å². The molecule has 2 N–H and O–H groups in total. The van der Waals surface area contributed by atoms with Gasteiger partial charge in [0, 0.05) is 42.8 Å². The van der Waals surface area contributed by atoms with Crippen molar-refractivity contribution in [3.63, 3.8) is 0 Å². The lowest BCUT2D eigenvalue weighted by atomic mass is 9.88. The van der Waals surface area contributed by atoms with Crippen LogP contribution in [-0.4, -0.2) is 36.2 Å². The first-order valence-corrected chi connectivity index (χ1v) is 8.48. The normalized spacial score (nSPS) is 20.6. The topological polar surface area (TPSA) is 35.5 Å². The minimum Gasteiger partial charge on any atom is -0.507 e. The summed E-state index contributed by atoms with van der Waals surface area (Å²) >= 11 is 6.27. The Morgan fingerprint density at radius 3 is 2.39 bits per heavy atom. The first-order chi connectivity index (χ1) is 10.2. The van der Waals surface area contributed by atoms with E-state index in [0.717, 1.165) is 42.3 Å². The van der Waals surface area contributed by atoms with Crippen molar-refractivity contribution in [2.45, 2.75) is 38.6 Å². The molecule has 1 aliphatic carbocycles. The Bertz CT molecular complexity index is 501. The Morgan fingerprint density at radius 1 is 1.17 bits per heavy atom. The fourth-order valence-electron chi connectivity index (χ4n) is 3.97. The molecule has 0 aromatic heterocycles. The van der Waals surface area contributed by atoms with Gasteiger partial charge >= 0.3 is 0 Å². The van der Waals surface area contributed by atoms with Crippen LogP contribution in [0.25, 0.3) is 0 Å². The third-order valence-corrected chi connectivity index (χ3v) is 5.22. The zero-order valence-corrected chi connectivity index (χ0v) is 15.9. The number of benzene rings is 1. The summed E-state index contributed by atoms with van der Waals surface area (Å²) in [5.41, 5.74) is 1.92. The lowest BCUT2D eigenvalue weighted by Gasteiger charge is -2.39. The predicted molar refractivity (Wildman–Crippen MR) is 101 cm³/mol. The lowest BCUT2D eigenvalue weighted by Crippen LogP contribution is -2.46. The highest BCUT2D eigenvalue weighted by Crippen LogP contribution is 2.44. The molecular formula is C17H27Cl3N2O. The maximum atomic E-state index is 10.6. The molecule has 0 unspecified atom stereocenters. The zero-order valence-electron chi connectivity index (χ0n) is 13.6. The fourth-order valence-corrected chi connectivity index (χ4v) is 4.25. The number of phenols is 1. The molecule has 0 radical (unpaired) electrons. The molecule has 2 fully saturated rings. The number of nitrogens with one attached hydrogen (secondary N) is 1. The molecule has 1 saturated heterocycles. The van der Waals surface area contributed by atoms with Gasteiger partial charge in [0.25, 0.3) is 0 Å². The summed E-state index contributed by atoms with van der Waals surface area (Å²) in [5.74, 6) is 1.08. The molecule has 2 aliphatic rings. The van der Waals surface area contributed by atoms with E-state index in [-0.39, 0.29) is 24.8 Å². The molecule has 0 spiro atoms. The van der Waals surface area contributed by atoms with Gasteiger partial charge < -0.3 is 10.4 Å². The Hall–Kier alpha value is -0.190. The monoisotopic (exact) mass is 380 g/mol. The molecule has 0 bridgehead atoms. The summed E-state index contributed by atoms with van der Waals surface area (Å²) in [4.78, 5) is 2.54. The molecule has 132 valence electrons. The standard InChI is InChI=1S/C17H25ClN2O.2ClH/c1-12-10-14(18)11-15(17(12)21)16(13-4-2-3-5-13)20-8-6-19-7-9-20;;/h10-11,13,16,19,21H,2-9H2,1H3;2*1H/t16-;;/m1../s1. The van der Waals surface area contributed by atoms with Gasteiger partial charge in [-0.05, 0) is 43.4 Å². The van der Waals surface area contributed by atoms with Crippen LogP contribution in [0.4, 0.5) is 0 Å². The van der Waals surface area contributed by atoms with Crippen LogP contribution in [0.3, 0.4) is 0 Å². The van der Waals surface area contributed by atoms with E-state index in [9.17, 15) is 5.11 Å². The van der Waals surface area contributed by atoms with E-state index < -0.39 is 0 Å². The molecular weight excluding hydrogens is 355 g/mol. The maximum absolute atomic E-state index is 10.6. The minimum atomic E-state index is 0. The number of hydrogen-bond donors (Lipinski definition) is 2. The Balaban J connectivity index is 0.00000132. The molecule has 1 aromatic carbocycles. The van der Waals surface area contributed by atoms with Crippen LogP contribution in [0.15, 0.2) is 12.1 Å². The summed E-state index contributed by atoms with van der Waals surface area (Å²) in [6.45, 7) is 6.10. The largest absolute Gasteiger partial charge is 0.507 e. The Kier molecular flexibility index (Phi) is 8.46.